The summed E-state index contributed by atoms with van der Waals surface area (Å²) in [6, 6.07) is 5.74. The zero-order chi connectivity index (χ0) is 6.97. The van der Waals surface area contributed by atoms with Gasteiger partial charge in [-0.25, -0.2) is 0 Å². The maximum atomic E-state index is 5.75. The predicted octanol–water partition coefficient (Wildman–Crippen LogP) is 0.434. The first-order chi connectivity index (χ1) is 4.86. The van der Waals surface area contributed by atoms with Crippen molar-refractivity contribution < 1.29 is 0 Å². The van der Waals surface area contributed by atoms with Crippen LogP contribution in [0.25, 0.3) is 12.4 Å². The van der Waals surface area contributed by atoms with Gasteiger partial charge in [0.25, 0.3) is 0 Å². The first-order valence-corrected chi connectivity index (χ1v) is 3.40. The summed E-state index contributed by atoms with van der Waals surface area (Å²) in [4.78, 5) is 0. The summed E-state index contributed by atoms with van der Waals surface area (Å²) in [6.45, 7) is 0. The van der Waals surface area contributed by atoms with Gasteiger partial charge >= 0.3 is 0 Å². The van der Waals surface area contributed by atoms with Crippen molar-refractivity contribution in [2.45, 2.75) is 0 Å². The Balaban J connectivity index is 2.88. The number of halogens is 1. The van der Waals surface area contributed by atoms with Gasteiger partial charge in [0.15, 0.2) is 0 Å². The number of fused-ring (bicyclic) bond motifs is 1. The minimum Gasteiger partial charge on any atom is -0.263 e. The van der Waals surface area contributed by atoms with Gasteiger partial charge in [-0.2, -0.15) is 0 Å². The van der Waals surface area contributed by atoms with E-state index in [0.29, 0.717) is 0 Å². The van der Waals surface area contributed by atoms with E-state index >= 15 is 0 Å². The third-order valence-corrected chi connectivity index (χ3v) is 1.71. The number of nitrogens with zero attached hydrogens (tertiary/aromatic N) is 1. The van der Waals surface area contributed by atoms with Gasteiger partial charge in [-0.3, -0.25) is 5.32 Å². The van der Waals surface area contributed by atoms with Gasteiger partial charge in [-0.05, 0) is 12.1 Å². The molecule has 0 atom stereocenters. The molecule has 0 unspecified atom stereocenters. The molecule has 2 rings (SSSR count). The third kappa shape index (κ3) is 0.792. The second kappa shape index (κ2) is 2.03. The fourth-order valence-electron chi connectivity index (χ4n) is 0.973. The molecule has 1 aromatic rings. The van der Waals surface area contributed by atoms with E-state index in [9.17, 15) is 0 Å². The molecule has 1 aliphatic heterocycles. The minimum atomic E-state index is 0.764. The monoisotopic (exact) mass is 150 g/mol. The molecular formula is C8H5ClN. The third-order valence-electron chi connectivity index (χ3n) is 1.48. The fourth-order valence-corrected chi connectivity index (χ4v) is 1.15. The van der Waals surface area contributed by atoms with Crippen LogP contribution in [0.3, 0.4) is 0 Å². The van der Waals surface area contributed by atoms with E-state index in [1.165, 1.54) is 0 Å². The Bertz CT molecular complexity index is 367. The Hall–Kier alpha value is -0.950. The summed E-state index contributed by atoms with van der Waals surface area (Å²) in [5, 5.41) is 7.00. The molecule has 49 valence electrons. The molecule has 0 bridgehead atoms. The molecule has 1 aromatic carbocycles. The maximum absolute atomic E-state index is 5.75. The number of hydrogen-bond acceptors (Lipinski definition) is 0. The average molecular weight is 151 g/mol. The molecular weight excluding hydrogens is 146 g/mol. The lowest BCUT2D eigenvalue weighted by Crippen LogP contribution is -2.19. The summed E-state index contributed by atoms with van der Waals surface area (Å²) in [5.74, 6) is 0. The van der Waals surface area contributed by atoms with E-state index in [-0.39, 0.29) is 0 Å². The number of rotatable bonds is 0. The van der Waals surface area contributed by atoms with Crippen LogP contribution < -0.4 is 15.8 Å². The molecule has 1 aliphatic rings. The summed E-state index contributed by atoms with van der Waals surface area (Å²) < 4.78 is 0. The molecule has 10 heavy (non-hydrogen) atoms. The fraction of sp³-hybridized carbons (Fsp3) is 0. The molecule has 2 heteroatoms. The molecule has 0 aliphatic carbocycles. The zero-order valence-electron chi connectivity index (χ0n) is 5.21. The Morgan fingerprint density at radius 1 is 1.10 bits per heavy atom. The van der Waals surface area contributed by atoms with Crippen molar-refractivity contribution in [2.75, 3.05) is 0 Å². The average Bonchev–Trinajstić information content (AvgIpc) is 2.33. The summed E-state index contributed by atoms with van der Waals surface area (Å²) in [6.07, 6.45) is 3.63. The highest BCUT2D eigenvalue weighted by Crippen LogP contribution is 1.99. The van der Waals surface area contributed by atoms with Crippen molar-refractivity contribution in [1.82, 2.24) is 5.32 Å². The summed E-state index contributed by atoms with van der Waals surface area (Å²) in [5.41, 5.74) is 0. The molecule has 0 N–H and O–H groups in total. The second-order valence-corrected chi connectivity index (χ2v) is 2.62. The van der Waals surface area contributed by atoms with E-state index in [4.69, 9.17) is 11.6 Å². The van der Waals surface area contributed by atoms with Crippen LogP contribution in [-0.2, 0) is 0 Å². The normalized spacial score (nSPS) is 12.9. The van der Waals surface area contributed by atoms with Crippen LogP contribution in [-0.4, -0.2) is 0 Å². The van der Waals surface area contributed by atoms with Crippen LogP contribution in [0.2, 0.25) is 5.02 Å². The molecule has 0 fully saturated rings. The second-order valence-electron chi connectivity index (χ2n) is 2.18. The minimum absolute atomic E-state index is 0.764. The highest BCUT2D eigenvalue weighted by molar-refractivity contribution is 6.30. The van der Waals surface area contributed by atoms with E-state index < -0.39 is 0 Å². The number of benzene rings is 1. The van der Waals surface area contributed by atoms with Crippen LogP contribution in [0.5, 0.6) is 0 Å². The molecule has 0 saturated heterocycles. The Morgan fingerprint density at radius 2 is 1.90 bits per heavy atom. The molecule has 1 radical (unpaired) electrons. The summed E-state index contributed by atoms with van der Waals surface area (Å²) in [7, 11) is 0. The van der Waals surface area contributed by atoms with Crippen LogP contribution >= 0.6 is 11.6 Å². The van der Waals surface area contributed by atoms with Crippen molar-refractivity contribution >= 4 is 24.0 Å². The van der Waals surface area contributed by atoms with E-state index in [0.717, 1.165) is 15.5 Å². The molecule has 0 amide bonds. The Kier molecular flexibility index (Phi) is 1.18. The topological polar surface area (TPSA) is 14.1 Å². The highest BCUT2D eigenvalue weighted by atomic mass is 35.5. The molecule has 1 heterocycles. The van der Waals surface area contributed by atoms with Gasteiger partial charge < -0.3 is 0 Å². The van der Waals surface area contributed by atoms with Gasteiger partial charge in [0.2, 0.25) is 0 Å². The maximum Gasteiger partial charge on any atom is 0.0412 e. The van der Waals surface area contributed by atoms with Crippen LogP contribution in [0.4, 0.5) is 0 Å². The first kappa shape index (κ1) is 5.81. The highest BCUT2D eigenvalue weighted by Gasteiger charge is 1.93. The quantitative estimate of drug-likeness (QED) is 0.510. The molecule has 0 spiro atoms. The van der Waals surface area contributed by atoms with Crippen molar-refractivity contribution in [1.29, 1.82) is 0 Å². The van der Waals surface area contributed by atoms with Gasteiger partial charge in [-0.15, -0.1) is 0 Å². The van der Waals surface area contributed by atoms with Gasteiger partial charge in [0.1, 0.15) is 0 Å². The zero-order valence-corrected chi connectivity index (χ0v) is 5.97. The van der Waals surface area contributed by atoms with E-state index in [2.05, 4.69) is 5.32 Å². The predicted molar refractivity (Wildman–Crippen MR) is 41.8 cm³/mol. The smallest absolute Gasteiger partial charge is 0.0412 e. The molecule has 0 aromatic heterocycles. The van der Waals surface area contributed by atoms with E-state index in [1.807, 2.05) is 24.4 Å². The molecule has 0 saturated carbocycles. The van der Waals surface area contributed by atoms with Crippen molar-refractivity contribution in [3.05, 3.63) is 33.7 Å². The lowest BCUT2D eigenvalue weighted by molar-refractivity contribution is 1.39. The largest absolute Gasteiger partial charge is 0.263 e. The number of hydrogen-bond donors (Lipinski definition) is 0. The lowest BCUT2D eigenvalue weighted by atomic mass is 10.3. The Labute approximate surface area is 63.6 Å². The summed E-state index contributed by atoms with van der Waals surface area (Å²) >= 11 is 5.75. The van der Waals surface area contributed by atoms with Crippen molar-refractivity contribution in [3.8, 4) is 0 Å². The standard InChI is InChI=1S/C8H5ClN/c9-8-2-1-6-4-10-5-7(6)3-8/h1-5H. The van der Waals surface area contributed by atoms with Crippen molar-refractivity contribution in [3.63, 3.8) is 0 Å². The van der Waals surface area contributed by atoms with Crippen molar-refractivity contribution in [2.24, 2.45) is 0 Å². The van der Waals surface area contributed by atoms with Crippen LogP contribution in [0, 0.1) is 0 Å². The SMILES string of the molecule is Clc1ccc2c(c1)=C[N]C=2. The van der Waals surface area contributed by atoms with Gasteiger partial charge in [0.05, 0.1) is 0 Å². The first-order valence-electron chi connectivity index (χ1n) is 3.02. The van der Waals surface area contributed by atoms with E-state index in [1.54, 1.807) is 6.20 Å². The van der Waals surface area contributed by atoms with Gasteiger partial charge in [0, 0.05) is 27.9 Å². The van der Waals surface area contributed by atoms with Crippen LogP contribution in [0.15, 0.2) is 18.2 Å². The lowest BCUT2D eigenvalue weighted by Gasteiger charge is -1.84. The van der Waals surface area contributed by atoms with Crippen LogP contribution in [0.1, 0.15) is 0 Å². The molecule has 1 nitrogen and oxygen atoms in total. The van der Waals surface area contributed by atoms with Gasteiger partial charge in [-0.1, -0.05) is 17.7 Å². The Morgan fingerprint density at radius 3 is 2.80 bits per heavy atom.